The fraction of sp³-hybridized carbons (Fsp3) is 0.300. The van der Waals surface area contributed by atoms with Gasteiger partial charge in [-0.3, -0.25) is 4.79 Å². The number of amides is 1. The van der Waals surface area contributed by atoms with E-state index in [9.17, 15) is 14.7 Å². The van der Waals surface area contributed by atoms with Crippen LogP contribution in [0.25, 0.3) is 0 Å². The second kappa shape index (κ2) is 8.91. The maximum Gasteiger partial charge on any atom is 0.338 e. The average molecular weight is 463 g/mol. The van der Waals surface area contributed by atoms with Crippen molar-refractivity contribution in [1.82, 2.24) is 0 Å². The summed E-state index contributed by atoms with van der Waals surface area (Å²) >= 11 is 24.2. The smallest absolute Gasteiger partial charge is 0.338 e. The molecular weight excluding hydrogens is 444 g/mol. The lowest BCUT2D eigenvalue weighted by Gasteiger charge is -2.21. The molecule has 1 amide bonds. The molecule has 0 saturated carbocycles. The van der Waals surface area contributed by atoms with Gasteiger partial charge in [-0.2, -0.15) is 0 Å². The van der Waals surface area contributed by atoms with Crippen molar-refractivity contribution in [1.29, 1.82) is 0 Å². The molecule has 0 atom stereocenters. The van der Waals surface area contributed by atoms with Crippen molar-refractivity contribution in [2.75, 3.05) is 5.32 Å². The van der Waals surface area contributed by atoms with Crippen molar-refractivity contribution in [2.24, 2.45) is 0 Å². The maximum absolute atomic E-state index is 13.1. The van der Waals surface area contributed by atoms with Gasteiger partial charge < -0.3 is 10.4 Å². The van der Waals surface area contributed by atoms with E-state index < -0.39 is 17.4 Å². The van der Waals surface area contributed by atoms with Crippen LogP contribution in [-0.4, -0.2) is 17.0 Å². The number of carboxylic acids is 1. The van der Waals surface area contributed by atoms with Crippen LogP contribution in [0.5, 0.6) is 0 Å². The average Bonchev–Trinajstić information content (AvgIpc) is 2.61. The van der Waals surface area contributed by atoms with Crippen LogP contribution in [0.3, 0.4) is 0 Å². The molecule has 2 aromatic rings. The van der Waals surface area contributed by atoms with Crippen molar-refractivity contribution in [2.45, 2.75) is 39.5 Å². The third-order valence-electron chi connectivity index (χ3n) is 4.32. The minimum atomic E-state index is -1.43. The Morgan fingerprint density at radius 1 is 0.821 bits per heavy atom. The molecule has 0 fully saturated rings. The Morgan fingerprint density at radius 3 is 1.64 bits per heavy atom. The molecule has 0 aromatic heterocycles. The van der Waals surface area contributed by atoms with Crippen molar-refractivity contribution in [3.8, 4) is 0 Å². The topological polar surface area (TPSA) is 66.4 Å². The van der Waals surface area contributed by atoms with Gasteiger partial charge in [0.1, 0.15) is 0 Å². The Labute approximate surface area is 183 Å². The summed E-state index contributed by atoms with van der Waals surface area (Å²) in [7, 11) is 0. The van der Waals surface area contributed by atoms with Gasteiger partial charge in [0.2, 0.25) is 0 Å². The predicted octanol–water partition coefficient (Wildman–Crippen LogP) is 7.50. The number of aromatic carboxylic acids is 1. The van der Waals surface area contributed by atoms with E-state index in [2.05, 4.69) is 5.32 Å². The van der Waals surface area contributed by atoms with Crippen LogP contribution >= 0.6 is 46.4 Å². The quantitative estimate of drug-likeness (QED) is 0.357. The van der Waals surface area contributed by atoms with Gasteiger partial charge in [-0.1, -0.05) is 92.3 Å². The number of carbonyl (C=O) groups is 2. The molecule has 150 valence electrons. The van der Waals surface area contributed by atoms with Gasteiger partial charge in [0, 0.05) is 5.69 Å². The molecule has 0 radical (unpaired) electrons. The number of benzene rings is 2. The van der Waals surface area contributed by atoms with Gasteiger partial charge in [-0.05, 0) is 23.0 Å². The zero-order valence-corrected chi connectivity index (χ0v) is 18.7. The van der Waals surface area contributed by atoms with Crippen molar-refractivity contribution >= 4 is 64.0 Å². The second-order valence-corrected chi connectivity index (χ2v) is 8.40. The first-order chi connectivity index (χ1) is 13.0. The van der Waals surface area contributed by atoms with Crippen LogP contribution in [0.4, 0.5) is 5.69 Å². The van der Waals surface area contributed by atoms with Crippen LogP contribution in [-0.2, 0) is 0 Å². The molecule has 2 rings (SSSR count). The van der Waals surface area contributed by atoms with E-state index in [-0.39, 0.29) is 37.5 Å². The minimum Gasteiger partial charge on any atom is -0.478 e. The Kier molecular flexibility index (Phi) is 7.27. The normalized spacial score (nSPS) is 11.2. The summed E-state index contributed by atoms with van der Waals surface area (Å²) in [5.74, 6) is -1.91. The van der Waals surface area contributed by atoms with Gasteiger partial charge in [-0.15, -0.1) is 0 Å². The molecule has 4 nitrogen and oxygen atoms in total. The van der Waals surface area contributed by atoms with Crippen LogP contribution in [0, 0.1) is 0 Å². The molecule has 0 aliphatic carbocycles. The fourth-order valence-electron chi connectivity index (χ4n) is 2.92. The van der Waals surface area contributed by atoms with E-state index in [4.69, 9.17) is 46.4 Å². The first-order valence-electron chi connectivity index (χ1n) is 8.52. The first-order valence-corrected chi connectivity index (χ1v) is 10.0. The van der Waals surface area contributed by atoms with E-state index >= 15 is 0 Å². The number of hydrogen-bond donors (Lipinski definition) is 2. The van der Waals surface area contributed by atoms with Crippen molar-refractivity contribution < 1.29 is 14.7 Å². The number of hydrogen-bond acceptors (Lipinski definition) is 2. The van der Waals surface area contributed by atoms with Gasteiger partial charge in [-0.25, -0.2) is 4.79 Å². The molecule has 0 saturated heterocycles. The van der Waals surface area contributed by atoms with Gasteiger partial charge in [0.15, 0.2) is 0 Å². The second-order valence-electron chi connectivity index (χ2n) is 6.89. The Balaban J connectivity index is 2.70. The van der Waals surface area contributed by atoms with E-state index in [1.165, 1.54) is 0 Å². The molecule has 0 aliphatic heterocycles. The summed E-state index contributed by atoms with van der Waals surface area (Å²) in [4.78, 5) is 24.8. The third-order valence-corrected chi connectivity index (χ3v) is 6.12. The third kappa shape index (κ3) is 4.25. The molecule has 28 heavy (non-hydrogen) atoms. The summed E-state index contributed by atoms with van der Waals surface area (Å²) in [5, 5.41) is 11.4. The molecule has 8 heteroatoms. The van der Waals surface area contributed by atoms with Gasteiger partial charge in [0.25, 0.3) is 5.91 Å². The number of carbonyl (C=O) groups excluding carboxylic acids is 1. The minimum absolute atomic E-state index is 0.126. The van der Waals surface area contributed by atoms with Crippen molar-refractivity contribution in [3.05, 3.63) is 60.5 Å². The SMILES string of the molecule is CC(C)c1cccc(C(C)C)c1NC(=O)c1c(Cl)c(Cl)c(Cl)c(Cl)c1C(=O)O. The maximum atomic E-state index is 13.1. The molecule has 2 aromatic carbocycles. The highest BCUT2D eigenvalue weighted by molar-refractivity contribution is 6.54. The zero-order chi connectivity index (χ0) is 21.3. The largest absolute Gasteiger partial charge is 0.478 e. The highest BCUT2D eigenvalue weighted by Gasteiger charge is 2.29. The highest BCUT2D eigenvalue weighted by Crippen LogP contribution is 2.42. The molecule has 2 N–H and O–H groups in total. The number of anilines is 1. The number of nitrogens with one attached hydrogen (secondary N) is 1. The van der Waals surface area contributed by atoms with Crippen molar-refractivity contribution in [3.63, 3.8) is 0 Å². The van der Waals surface area contributed by atoms with Crippen LogP contribution < -0.4 is 5.32 Å². The predicted molar refractivity (Wildman–Crippen MR) is 116 cm³/mol. The fourth-order valence-corrected chi connectivity index (χ4v) is 3.94. The molecule has 0 aliphatic rings. The Bertz CT molecular complexity index is 929. The van der Waals surface area contributed by atoms with Crippen LogP contribution in [0.2, 0.25) is 20.1 Å². The first kappa shape index (κ1) is 22.8. The molecular formula is C20H19Cl4NO3. The molecule has 0 spiro atoms. The lowest BCUT2D eigenvalue weighted by Crippen LogP contribution is -2.20. The number of para-hydroxylation sites is 1. The summed E-state index contributed by atoms with van der Waals surface area (Å²) in [6, 6.07) is 5.74. The summed E-state index contributed by atoms with van der Waals surface area (Å²) in [6.45, 7) is 8.00. The summed E-state index contributed by atoms with van der Waals surface area (Å²) in [6.07, 6.45) is 0. The van der Waals surface area contributed by atoms with E-state index in [0.29, 0.717) is 5.69 Å². The summed E-state index contributed by atoms with van der Waals surface area (Å²) < 4.78 is 0. The Hall–Kier alpha value is -1.46. The van der Waals surface area contributed by atoms with Gasteiger partial charge in [0.05, 0.1) is 31.2 Å². The highest BCUT2D eigenvalue weighted by atomic mass is 35.5. The number of halogens is 4. The lowest BCUT2D eigenvalue weighted by molar-refractivity contribution is 0.0692. The molecule has 0 heterocycles. The summed E-state index contributed by atoms with van der Waals surface area (Å²) in [5.41, 5.74) is 1.62. The molecule has 0 bridgehead atoms. The monoisotopic (exact) mass is 461 g/mol. The van der Waals surface area contributed by atoms with E-state index in [1.54, 1.807) is 0 Å². The van der Waals surface area contributed by atoms with Crippen LogP contribution in [0.15, 0.2) is 18.2 Å². The number of carboxylic acid groups (broad SMARTS) is 1. The Morgan fingerprint density at radius 2 is 1.25 bits per heavy atom. The van der Waals surface area contributed by atoms with Gasteiger partial charge >= 0.3 is 5.97 Å². The number of rotatable bonds is 5. The zero-order valence-electron chi connectivity index (χ0n) is 15.7. The molecule has 0 unspecified atom stereocenters. The van der Waals surface area contributed by atoms with Crippen LogP contribution in [0.1, 0.15) is 71.4 Å². The van der Waals surface area contributed by atoms with E-state index in [1.807, 2.05) is 45.9 Å². The standard InChI is InChI=1S/C20H19Cl4NO3/c1-8(2)10-6-5-7-11(9(3)4)18(10)25-19(26)12-13(20(27)28)15(22)17(24)16(23)14(12)21/h5-9H,1-4H3,(H,25,26)(H,27,28). The van der Waals surface area contributed by atoms with E-state index in [0.717, 1.165) is 11.1 Å². The lowest BCUT2D eigenvalue weighted by atomic mass is 9.92.